The first-order chi connectivity index (χ1) is 10.3. The molecule has 116 valence electrons. The van der Waals surface area contributed by atoms with Crippen molar-refractivity contribution in [1.82, 2.24) is 5.32 Å². The number of benzene rings is 1. The van der Waals surface area contributed by atoms with Gasteiger partial charge < -0.3 is 14.8 Å². The Morgan fingerprint density at radius 2 is 2.14 bits per heavy atom. The molecule has 1 unspecified atom stereocenters. The molecule has 0 saturated heterocycles. The zero-order chi connectivity index (χ0) is 15.1. The van der Waals surface area contributed by atoms with Gasteiger partial charge in [0.25, 0.3) is 5.91 Å². The van der Waals surface area contributed by atoms with Crippen molar-refractivity contribution in [3.05, 3.63) is 23.8 Å². The molecule has 1 aliphatic heterocycles. The average molecular weight is 312 g/mol. The largest absolute Gasteiger partial charge is 0.486 e. The van der Waals surface area contributed by atoms with E-state index in [-0.39, 0.29) is 5.91 Å². The molecule has 1 atom stereocenters. The average Bonchev–Trinajstić information content (AvgIpc) is 2.52. The van der Waals surface area contributed by atoms with Crippen molar-refractivity contribution in [3.8, 4) is 11.5 Å². The molecule has 0 saturated carbocycles. The van der Waals surface area contributed by atoms with Crippen LogP contribution >= 0.6 is 11.6 Å². The van der Waals surface area contributed by atoms with Crippen LogP contribution in [0.25, 0.3) is 0 Å². The minimum atomic E-state index is -0.118. The van der Waals surface area contributed by atoms with Crippen molar-refractivity contribution in [2.24, 2.45) is 5.92 Å². The van der Waals surface area contributed by atoms with Crippen LogP contribution < -0.4 is 14.8 Å². The topological polar surface area (TPSA) is 47.6 Å². The van der Waals surface area contributed by atoms with Gasteiger partial charge in [-0.05, 0) is 30.9 Å². The quantitative estimate of drug-likeness (QED) is 0.786. The van der Waals surface area contributed by atoms with Gasteiger partial charge in [0.1, 0.15) is 13.2 Å². The van der Waals surface area contributed by atoms with Crippen LogP contribution in [0.2, 0.25) is 0 Å². The molecule has 21 heavy (non-hydrogen) atoms. The van der Waals surface area contributed by atoms with E-state index in [1.807, 2.05) is 12.1 Å². The third-order valence-corrected chi connectivity index (χ3v) is 3.79. The van der Waals surface area contributed by atoms with Crippen LogP contribution in [0, 0.1) is 5.92 Å². The summed E-state index contributed by atoms with van der Waals surface area (Å²) in [5.41, 5.74) is 0.535. The fourth-order valence-electron chi connectivity index (χ4n) is 2.50. The SMILES string of the molecule is CCCC(CCCl)CNC(=O)c1cccc2c1OCCO2. The van der Waals surface area contributed by atoms with Gasteiger partial charge in [-0.3, -0.25) is 4.79 Å². The number of halogens is 1. The zero-order valence-corrected chi connectivity index (χ0v) is 13.1. The molecule has 0 aliphatic carbocycles. The number of hydrogen-bond donors (Lipinski definition) is 1. The first-order valence-corrected chi connectivity index (χ1v) is 8.02. The third kappa shape index (κ3) is 4.27. The third-order valence-electron chi connectivity index (χ3n) is 3.58. The fourth-order valence-corrected chi connectivity index (χ4v) is 2.80. The van der Waals surface area contributed by atoms with E-state index in [4.69, 9.17) is 21.1 Å². The predicted molar refractivity (Wildman–Crippen MR) is 83.5 cm³/mol. The van der Waals surface area contributed by atoms with E-state index in [2.05, 4.69) is 12.2 Å². The molecule has 0 aromatic heterocycles. The van der Waals surface area contributed by atoms with Crippen molar-refractivity contribution in [1.29, 1.82) is 0 Å². The Labute approximate surface area is 130 Å². The summed E-state index contributed by atoms with van der Waals surface area (Å²) in [6.45, 7) is 3.78. The Kier molecular flexibility index (Phi) is 6.18. The molecule has 5 heteroatoms. The number of nitrogens with one attached hydrogen (secondary N) is 1. The van der Waals surface area contributed by atoms with Crippen LogP contribution in [0.5, 0.6) is 11.5 Å². The lowest BCUT2D eigenvalue weighted by Gasteiger charge is -2.21. The maximum atomic E-state index is 12.3. The van der Waals surface area contributed by atoms with Gasteiger partial charge in [-0.2, -0.15) is 0 Å². The number of ether oxygens (including phenoxy) is 2. The van der Waals surface area contributed by atoms with Crippen LogP contribution in [0.1, 0.15) is 36.5 Å². The molecule has 1 N–H and O–H groups in total. The van der Waals surface area contributed by atoms with Crippen molar-refractivity contribution in [2.75, 3.05) is 25.6 Å². The van der Waals surface area contributed by atoms with Gasteiger partial charge in [-0.1, -0.05) is 19.4 Å². The summed E-state index contributed by atoms with van der Waals surface area (Å²) in [6, 6.07) is 5.39. The first-order valence-electron chi connectivity index (χ1n) is 7.49. The molecule has 0 bridgehead atoms. The van der Waals surface area contributed by atoms with Gasteiger partial charge >= 0.3 is 0 Å². The van der Waals surface area contributed by atoms with Crippen LogP contribution in [-0.4, -0.2) is 31.5 Å². The van der Waals surface area contributed by atoms with Gasteiger partial charge in [0, 0.05) is 12.4 Å². The Morgan fingerprint density at radius 3 is 2.90 bits per heavy atom. The van der Waals surface area contributed by atoms with E-state index in [0.717, 1.165) is 19.3 Å². The predicted octanol–water partition coefficient (Wildman–Crippen LogP) is 3.23. The molecular weight excluding hydrogens is 290 g/mol. The minimum absolute atomic E-state index is 0.118. The van der Waals surface area contributed by atoms with Crippen LogP contribution in [0.3, 0.4) is 0 Å². The number of para-hydroxylation sites is 1. The lowest BCUT2D eigenvalue weighted by Crippen LogP contribution is -2.30. The van der Waals surface area contributed by atoms with Crippen LogP contribution in [0.4, 0.5) is 0 Å². The summed E-state index contributed by atoms with van der Waals surface area (Å²) < 4.78 is 11.1. The number of amides is 1. The standard InChI is InChI=1S/C16H22ClNO3/c1-2-4-12(7-8-17)11-18-16(19)13-5-3-6-14-15(13)21-10-9-20-14/h3,5-6,12H,2,4,7-11H2,1H3,(H,18,19). The van der Waals surface area contributed by atoms with Crippen LogP contribution in [0.15, 0.2) is 18.2 Å². The number of alkyl halides is 1. The van der Waals surface area contributed by atoms with E-state index < -0.39 is 0 Å². The summed E-state index contributed by atoms with van der Waals surface area (Å²) in [6.07, 6.45) is 3.08. The minimum Gasteiger partial charge on any atom is -0.486 e. The summed E-state index contributed by atoms with van der Waals surface area (Å²) in [5.74, 6) is 2.12. The molecular formula is C16H22ClNO3. The Hall–Kier alpha value is -1.42. The highest BCUT2D eigenvalue weighted by Gasteiger charge is 2.20. The fraction of sp³-hybridized carbons (Fsp3) is 0.562. The lowest BCUT2D eigenvalue weighted by molar-refractivity contribution is 0.0935. The van der Waals surface area contributed by atoms with Gasteiger partial charge in [0.15, 0.2) is 11.5 Å². The van der Waals surface area contributed by atoms with Gasteiger partial charge in [0.05, 0.1) is 5.56 Å². The highest BCUT2D eigenvalue weighted by atomic mass is 35.5. The Bertz CT molecular complexity index is 473. The van der Waals surface area contributed by atoms with E-state index in [1.165, 1.54) is 0 Å². The molecule has 1 amide bonds. The number of hydrogen-bond acceptors (Lipinski definition) is 3. The van der Waals surface area contributed by atoms with Crippen molar-refractivity contribution < 1.29 is 14.3 Å². The number of fused-ring (bicyclic) bond motifs is 1. The molecule has 0 radical (unpaired) electrons. The maximum Gasteiger partial charge on any atom is 0.255 e. The second kappa shape index (κ2) is 8.13. The molecule has 2 rings (SSSR count). The first kappa shape index (κ1) is 16.0. The number of carbonyl (C=O) groups excluding carboxylic acids is 1. The maximum absolute atomic E-state index is 12.3. The van der Waals surface area contributed by atoms with Gasteiger partial charge in [-0.25, -0.2) is 0 Å². The number of carbonyl (C=O) groups is 1. The Morgan fingerprint density at radius 1 is 1.33 bits per heavy atom. The zero-order valence-electron chi connectivity index (χ0n) is 12.4. The summed E-state index contributed by atoms with van der Waals surface area (Å²) in [4.78, 5) is 12.3. The van der Waals surface area contributed by atoms with E-state index >= 15 is 0 Å². The Balaban J connectivity index is 2.00. The van der Waals surface area contributed by atoms with E-state index in [1.54, 1.807) is 6.07 Å². The summed E-state index contributed by atoms with van der Waals surface area (Å²) >= 11 is 5.81. The molecule has 4 nitrogen and oxygen atoms in total. The molecule has 0 spiro atoms. The normalized spacial score (nSPS) is 14.6. The van der Waals surface area contributed by atoms with Crippen LogP contribution in [-0.2, 0) is 0 Å². The smallest absolute Gasteiger partial charge is 0.255 e. The summed E-state index contributed by atoms with van der Waals surface area (Å²) in [5, 5.41) is 2.99. The van der Waals surface area contributed by atoms with E-state index in [0.29, 0.717) is 48.6 Å². The van der Waals surface area contributed by atoms with Gasteiger partial charge in [0.2, 0.25) is 0 Å². The van der Waals surface area contributed by atoms with E-state index in [9.17, 15) is 4.79 Å². The second-order valence-corrected chi connectivity index (χ2v) is 5.55. The second-order valence-electron chi connectivity index (χ2n) is 5.17. The van der Waals surface area contributed by atoms with Crippen molar-refractivity contribution in [2.45, 2.75) is 26.2 Å². The van der Waals surface area contributed by atoms with Crippen molar-refractivity contribution in [3.63, 3.8) is 0 Å². The summed E-state index contributed by atoms with van der Waals surface area (Å²) in [7, 11) is 0. The lowest BCUT2D eigenvalue weighted by atomic mass is 10.0. The molecule has 0 fully saturated rings. The molecule has 1 aromatic carbocycles. The molecule has 1 aliphatic rings. The monoisotopic (exact) mass is 311 g/mol. The number of rotatable bonds is 7. The molecule has 1 heterocycles. The van der Waals surface area contributed by atoms with Crippen molar-refractivity contribution >= 4 is 17.5 Å². The highest BCUT2D eigenvalue weighted by molar-refractivity contribution is 6.17. The highest BCUT2D eigenvalue weighted by Crippen LogP contribution is 2.33. The molecule has 1 aromatic rings. The van der Waals surface area contributed by atoms with Gasteiger partial charge in [-0.15, -0.1) is 11.6 Å².